The molecule has 1 saturated heterocycles. The van der Waals surface area contributed by atoms with Crippen LogP contribution >= 0.6 is 0 Å². The number of aliphatic carboxylic acids is 1. The average Bonchev–Trinajstić information content (AvgIpc) is 3.49. The second-order valence-electron chi connectivity index (χ2n) is 7.94. The van der Waals surface area contributed by atoms with Gasteiger partial charge in [-0.05, 0) is 18.4 Å². The van der Waals surface area contributed by atoms with Crippen LogP contribution in [0.3, 0.4) is 0 Å². The molecular formula is C22H28N6O5. The zero-order valence-electron chi connectivity index (χ0n) is 18.1. The molecule has 33 heavy (non-hydrogen) atoms. The summed E-state index contributed by atoms with van der Waals surface area (Å²) in [5.74, 6) is -2.61. The van der Waals surface area contributed by atoms with Gasteiger partial charge in [0.25, 0.3) is 0 Å². The van der Waals surface area contributed by atoms with E-state index in [-0.39, 0.29) is 19.4 Å². The van der Waals surface area contributed by atoms with E-state index in [9.17, 15) is 24.3 Å². The number of H-pyrrole nitrogens is 1. The van der Waals surface area contributed by atoms with Gasteiger partial charge in [0.15, 0.2) is 0 Å². The Bertz CT molecular complexity index is 965. The second kappa shape index (κ2) is 11.2. The Labute approximate surface area is 190 Å². The number of hydrogen-bond donors (Lipinski definition) is 5. The monoisotopic (exact) mass is 456 g/mol. The van der Waals surface area contributed by atoms with E-state index in [1.807, 2.05) is 30.3 Å². The third-order valence-corrected chi connectivity index (χ3v) is 5.49. The number of nitrogens with zero attached hydrogens (tertiary/aromatic N) is 2. The van der Waals surface area contributed by atoms with Crippen molar-refractivity contribution in [1.82, 2.24) is 25.5 Å². The molecule has 11 heteroatoms. The fourth-order valence-corrected chi connectivity index (χ4v) is 3.81. The van der Waals surface area contributed by atoms with E-state index in [1.165, 1.54) is 11.2 Å². The summed E-state index contributed by atoms with van der Waals surface area (Å²) in [6, 6.07) is 6.36. The van der Waals surface area contributed by atoms with Gasteiger partial charge in [0.2, 0.25) is 17.7 Å². The van der Waals surface area contributed by atoms with Crippen molar-refractivity contribution in [3.63, 3.8) is 0 Å². The van der Waals surface area contributed by atoms with Crippen molar-refractivity contribution in [2.75, 3.05) is 13.1 Å². The summed E-state index contributed by atoms with van der Waals surface area (Å²) < 4.78 is 0. The average molecular weight is 457 g/mol. The van der Waals surface area contributed by atoms with Crippen LogP contribution in [0.5, 0.6) is 0 Å². The van der Waals surface area contributed by atoms with Crippen molar-refractivity contribution < 1.29 is 24.3 Å². The number of amides is 3. The number of hydrogen-bond acceptors (Lipinski definition) is 6. The van der Waals surface area contributed by atoms with Crippen LogP contribution in [0.15, 0.2) is 42.9 Å². The van der Waals surface area contributed by atoms with E-state index in [0.29, 0.717) is 25.1 Å². The van der Waals surface area contributed by atoms with Crippen molar-refractivity contribution in [2.24, 2.45) is 5.73 Å². The minimum atomic E-state index is -1.07. The zero-order chi connectivity index (χ0) is 23.8. The van der Waals surface area contributed by atoms with Gasteiger partial charge < -0.3 is 31.4 Å². The number of carbonyl (C=O) groups is 4. The fraction of sp³-hybridized carbons (Fsp3) is 0.409. The number of nitrogens with one attached hydrogen (secondary N) is 3. The van der Waals surface area contributed by atoms with Crippen molar-refractivity contribution >= 4 is 23.7 Å². The number of benzene rings is 1. The number of rotatable bonds is 10. The first kappa shape index (κ1) is 23.9. The Morgan fingerprint density at radius 1 is 1.21 bits per heavy atom. The normalized spacial score (nSPS) is 17.2. The van der Waals surface area contributed by atoms with Crippen molar-refractivity contribution in [2.45, 2.75) is 43.8 Å². The molecule has 0 aliphatic carbocycles. The van der Waals surface area contributed by atoms with Gasteiger partial charge >= 0.3 is 5.97 Å². The minimum Gasteiger partial charge on any atom is -0.480 e. The van der Waals surface area contributed by atoms with E-state index in [4.69, 9.17) is 5.73 Å². The molecule has 0 spiro atoms. The van der Waals surface area contributed by atoms with Gasteiger partial charge in [0, 0.05) is 31.3 Å². The molecule has 11 nitrogen and oxygen atoms in total. The van der Waals surface area contributed by atoms with E-state index in [1.54, 1.807) is 6.20 Å². The lowest BCUT2D eigenvalue weighted by molar-refractivity contribution is -0.149. The highest BCUT2D eigenvalue weighted by Crippen LogP contribution is 2.19. The second-order valence-corrected chi connectivity index (χ2v) is 7.94. The third-order valence-electron chi connectivity index (χ3n) is 5.49. The number of carboxylic acids is 1. The first-order valence-electron chi connectivity index (χ1n) is 10.7. The van der Waals surface area contributed by atoms with Gasteiger partial charge in [-0.3, -0.25) is 14.4 Å². The van der Waals surface area contributed by atoms with Gasteiger partial charge in [0.05, 0.1) is 18.9 Å². The number of aromatic nitrogens is 2. The summed E-state index contributed by atoms with van der Waals surface area (Å²) in [6.07, 6.45) is 4.42. The summed E-state index contributed by atoms with van der Waals surface area (Å²) in [7, 11) is 0. The van der Waals surface area contributed by atoms with Crippen LogP contribution in [-0.2, 0) is 32.0 Å². The Morgan fingerprint density at radius 3 is 2.64 bits per heavy atom. The first-order valence-corrected chi connectivity index (χ1v) is 10.7. The lowest BCUT2D eigenvalue weighted by Gasteiger charge is -2.27. The number of carboxylic acid groups (broad SMARTS) is 1. The molecule has 0 saturated carbocycles. The maximum Gasteiger partial charge on any atom is 0.326 e. The molecule has 1 fully saturated rings. The molecule has 3 atom stereocenters. The lowest BCUT2D eigenvalue weighted by Crippen LogP contribution is -2.54. The molecule has 0 radical (unpaired) electrons. The van der Waals surface area contributed by atoms with Gasteiger partial charge in [-0.1, -0.05) is 30.3 Å². The van der Waals surface area contributed by atoms with Gasteiger partial charge in [-0.25, -0.2) is 9.78 Å². The highest BCUT2D eigenvalue weighted by atomic mass is 16.4. The predicted octanol–water partition coefficient (Wildman–Crippen LogP) is -0.801. The molecule has 0 bridgehead atoms. The van der Waals surface area contributed by atoms with Crippen LogP contribution in [0.2, 0.25) is 0 Å². The molecule has 6 N–H and O–H groups in total. The SMILES string of the molecule is NC(Cc1cnc[nH]1)C(=O)NCC(=O)NC(Cc1ccccc1)C(=O)N1CCCC1C(=O)O. The maximum atomic E-state index is 13.2. The molecule has 2 aromatic rings. The first-order chi connectivity index (χ1) is 15.8. The molecule has 2 heterocycles. The standard InChI is InChI=1S/C22H28N6O5/c23-16(10-15-11-24-13-26-15)20(30)25-12-19(29)27-17(9-14-5-2-1-3-6-14)21(31)28-8-4-7-18(28)22(32)33/h1-3,5-6,11,13,16-18H,4,7-10,12,23H2,(H,24,26)(H,25,30)(H,27,29)(H,32,33). The molecule has 1 aromatic carbocycles. The number of likely N-dealkylation sites (tertiary alicyclic amines) is 1. The van der Waals surface area contributed by atoms with Crippen molar-refractivity contribution in [1.29, 1.82) is 0 Å². The van der Waals surface area contributed by atoms with E-state index in [0.717, 1.165) is 5.56 Å². The lowest BCUT2D eigenvalue weighted by atomic mass is 10.0. The Kier molecular flexibility index (Phi) is 8.14. The number of nitrogens with two attached hydrogens (primary N) is 1. The van der Waals surface area contributed by atoms with Crippen LogP contribution < -0.4 is 16.4 Å². The van der Waals surface area contributed by atoms with Gasteiger partial charge in [-0.15, -0.1) is 0 Å². The van der Waals surface area contributed by atoms with Gasteiger partial charge in [0.1, 0.15) is 12.1 Å². The van der Waals surface area contributed by atoms with Crippen LogP contribution in [0.1, 0.15) is 24.1 Å². The fourth-order valence-electron chi connectivity index (χ4n) is 3.81. The highest BCUT2D eigenvalue weighted by molar-refractivity contribution is 5.93. The van der Waals surface area contributed by atoms with Crippen LogP contribution in [0.25, 0.3) is 0 Å². The Hall–Kier alpha value is -3.73. The van der Waals surface area contributed by atoms with E-state index in [2.05, 4.69) is 20.6 Å². The molecule has 3 amide bonds. The molecule has 3 unspecified atom stereocenters. The minimum absolute atomic E-state index is 0.196. The number of aromatic amines is 1. The zero-order valence-corrected chi connectivity index (χ0v) is 18.1. The Morgan fingerprint density at radius 2 is 1.97 bits per heavy atom. The molecule has 1 aliphatic rings. The van der Waals surface area contributed by atoms with Gasteiger partial charge in [-0.2, -0.15) is 0 Å². The summed E-state index contributed by atoms with van der Waals surface area (Å²) in [6.45, 7) is -0.0490. The molecule has 1 aromatic heterocycles. The topological polar surface area (TPSA) is 171 Å². The van der Waals surface area contributed by atoms with Crippen molar-refractivity contribution in [3.05, 3.63) is 54.1 Å². The largest absolute Gasteiger partial charge is 0.480 e. The smallest absolute Gasteiger partial charge is 0.326 e. The predicted molar refractivity (Wildman–Crippen MR) is 118 cm³/mol. The van der Waals surface area contributed by atoms with E-state index < -0.39 is 41.8 Å². The number of carbonyl (C=O) groups excluding carboxylic acids is 3. The molecule has 176 valence electrons. The third kappa shape index (κ3) is 6.62. The summed E-state index contributed by atoms with van der Waals surface area (Å²) in [5, 5.41) is 14.5. The Balaban J connectivity index is 1.61. The van der Waals surface area contributed by atoms with Crippen LogP contribution in [-0.4, -0.2) is 74.9 Å². The highest BCUT2D eigenvalue weighted by Gasteiger charge is 2.37. The number of imidazole rings is 1. The van der Waals surface area contributed by atoms with Crippen molar-refractivity contribution in [3.8, 4) is 0 Å². The molecule has 1 aliphatic heterocycles. The summed E-state index contributed by atoms with van der Waals surface area (Å²) in [5.41, 5.74) is 7.37. The summed E-state index contributed by atoms with van der Waals surface area (Å²) >= 11 is 0. The molecular weight excluding hydrogens is 428 g/mol. The summed E-state index contributed by atoms with van der Waals surface area (Å²) in [4.78, 5) is 57.5. The van der Waals surface area contributed by atoms with Crippen LogP contribution in [0, 0.1) is 0 Å². The maximum absolute atomic E-state index is 13.2. The molecule has 3 rings (SSSR count). The van der Waals surface area contributed by atoms with Crippen LogP contribution in [0.4, 0.5) is 0 Å². The van der Waals surface area contributed by atoms with E-state index >= 15 is 0 Å². The quantitative estimate of drug-likeness (QED) is 0.311.